The van der Waals surface area contributed by atoms with Crippen molar-refractivity contribution in [2.75, 3.05) is 7.11 Å². The number of nitrogens with zero attached hydrogens (tertiary/aromatic N) is 6. The molecule has 0 spiro atoms. The van der Waals surface area contributed by atoms with Gasteiger partial charge in [0, 0.05) is 36.0 Å². The third-order valence-corrected chi connectivity index (χ3v) is 5.95. The minimum absolute atomic E-state index is 0.0977. The minimum Gasteiger partial charge on any atom is -0.480 e. The molecule has 5 rings (SSSR count). The lowest BCUT2D eigenvalue weighted by Gasteiger charge is -2.25. The average molecular weight is 496 g/mol. The Hall–Kier alpha value is -3.63. The highest BCUT2D eigenvalue weighted by atomic mass is 19.4. The van der Waals surface area contributed by atoms with Gasteiger partial charge < -0.3 is 9.30 Å². The van der Waals surface area contributed by atoms with Crippen LogP contribution in [-0.2, 0) is 17.8 Å². The van der Waals surface area contributed by atoms with Gasteiger partial charge in [-0.15, -0.1) is 0 Å². The van der Waals surface area contributed by atoms with Crippen LogP contribution in [0.25, 0.3) is 22.8 Å². The van der Waals surface area contributed by atoms with Gasteiger partial charge in [-0.25, -0.2) is 24.9 Å². The lowest BCUT2D eigenvalue weighted by molar-refractivity contribution is -0.140. The summed E-state index contributed by atoms with van der Waals surface area (Å²) in [4.78, 5) is 21.5. The number of aromatic nitrogens is 6. The van der Waals surface area contributed by atoms with Crippen molar-refractivity contribution >= 4 is 23.5 Å². The molecule has 1 saturated carbocycles. The second kappa shape index (κ2) is 9.35. The third-order valence-electron chi connectivity index (χ3n) is 5.95. The lowest BCUT2D eigenvalue weighted by Crippen LogP contribution is -2.35. The molecule has 0 unspecified atom stereocenters. The molecule has 0 N–H and O–H groups in total. The van der Waals surface area contributed by atoms with Gasteiger partial charge in [0.15, 0.2) is 11.5 Å². The van der Waals surface area contributed by atoms with Crippen LogP contribution < -0.4 is 4.74 Å². The summed E-state index contributed by atoms with van der Waals surface area (Å²) in [5.41, 5.74) is 2.38. The molecular formula is C24H18B3F3N6O. The van der Waals surface area contributed by atoms with E-state index in [1.54, 1.807) is 43.6 Å². The summed E-state index contributed by atoms with van der Waals surface area (Å²) in [6.07, 6.45) is 1.69. The normalized spacial score (nSPS) is 14.1. The Balaban J connectivity index is 1.43. The molecule has 1 fully saturated rings. The maximum atomic E-state index is 13.2. The Kier molecular flexibility index (Phi) is 6.33. The van der Waals surface area contributed by atoms with E-state index in [0.29, 0.717) is 41.4 Å². The molecule has 6 radical (unpaired) electrons. The van der Waals surface area contributed by atoms with Crippen LogP contribution in [0.2, 0.25) is 0 Å². The lowest BCUT2D eigenvalue weighted by atomic mass is 9.49. The molecule has 0 aliphatic heterocycles. The molecular weight excluding hydrogens is 478 g/mol. The molecule has 3 heterocycles. The number of benzene rings is 1. The molecule has 3 aromatic heterocycles. The highest BCUT2D eigenvalue weighted by molar-refractivity contribution is 6.56. The van der Waals surface area contributed by atoms with Crippen LogP contribution in [0.1, 0.15) is 41.4 Å². The minimum atomic E-state index is -4.68. The maximum absolute atomic E-state index is 13.2. The van der Waals surface area contributed by atoms with Crippen LogP contribution in [0.15, 0.2) is 49.1 Å². The fraction of sp³-hybridized carbons (Fsp3) is 0.292. The van der Waals surface area contributed by atoms with E-state index < -0.39 is 17.1 Å². The van der Waals surface area contributed by atoms with Crippen molar-refractivity contribution in [2.45, 2.75) is 36.6 Å². The summed E-state index contributed by atoms with van der Waals surface area (Å²) in [6, 6.07) is 8.56. The number of alkyl halides is 3. The maximum Gasteiger partial charge on any atom is 0.434 e. The van der Waals surface area contributed by atoms with Gasteiger partial charge in [0.2, 0.25) is 5.88 Å². The Morgan fingerprint density at radius 2 is 1.73 bits per heavy atom. The predicted octanol–water partition coefficient (Wildman–Crippen LogP) is 3.37. The van der Waals surface area contributed by atoms with Crippen molar-refractivity contribution in [3.63, 3.8) is 0 Å². The van der Waals surface area contributed by atoms with Gasteiger partial charge in [-0.3, -0.25) is 0 Å². The monoisotopic (exact) mass is 496 g/mol. The molecule has 13 heteroatoms. The van der Waals surface area contributed by atoms with Gasteiger partial charge in [0.25, 0.3) is 0 Å². The van der Waals surface area contributed by atoms with Crippen molar-refractivity contribution < 1.29 is 17.9 Å². The van der Waals surface area contributed by atoms with Gasteiger partial charge >= 0.3 is 6.18 Å². The molecule has 4 aromatic rings. The van der Waals surface area contributed by atoms with E-state index in [-0.39, 0.29) is 5.82 Å². The number of hydrogen-bond donors (Lipinski definition) is 0. The predicted molar refractivity (Wildman–Crippen MR) is 132 cm³/mol. The van der Waals surface area contributed by atoms with Crippen LogP contribution >= 0.6 is 0 Å². The summed E-state index contributed by atoms with van der Waals surface area (Å²) in [6.45, 7) is 0. The summed E-state index contributed by atoms with van der Waals surface area (Å²) < 4.78 is 46.1. The zero-order valence-electron chi connectivity index (χ0n) is 19.8. The molecule has 0 bridgehead atoms. The van der Waals surface area contributed by atoms with Gasteiger partial charge in [-0.1, -0.05) is 29.5 Å². The summed E-state index contributed by atoms with van der Waals surface area (Å²) in [7, 11) is 18.6. The van der Waals surface area contributed by atoms with E-state index in [4.69, 9.17) is 33.3 Å². The van der Waals surface area contributed by atoms with E-state index in [1.165, 1.54) is 6.33 Å². The Bertz CT molecular complexity index is 1430. The van der Waals surface area contributed by atoms with Crippen molar-refractivity contribution in [3.8, 4) is 28.7 Å². The average Bonchev–Trinajstić information content (AvgIpc) is 3.59. The van der Waals surface area contributed by atoms with Crippen molar-refractivity contribution in [1.29, 1.82) is 0 Å². The highest BCUT2D eigenvalue weighted by Crippen LogP contribution is 2.44. The Morgan fingerprint density at radius 3 is 2.35 bits per heavy atom. The highest BCUT2D eigenvalue weighted by Gasteiger charge is 2.36. The largest absolute Gasteiger partial charge is 0.480 e. The van der Waals surface area contributed by atoms with Crippen LogP contribution in [0, 0.1) is 0 Å². The van der Waals surface area contributed by atoms with Gasteiger partial charge in [0.1, 0.15) is 17.7 Å². The zero-order valence-corrected chi connectivity index (χ0v) is 19.8. The first kappa shape index (κ1) is 25.0. The second-order valence-electron chi connectivity index (χ2n) is 8.87. The van der Waals surface area contributed by atoms with Crippen LogP contribution in [0.4, 0.5) is 13.2 Å². The molecule has 0 saturated heterocycles. The van der Waals surface area contributed by atoms with E-state index in [0.717, 1.165) is 34.4 Å². The first-order valence-corrected chi connectivity index (χ1v) is 11.4. The number of imidazole rings is 1. The smallest absolute Gasteiger partial charge is 0.434 e. The van der Waals surface area contributed by atoms with Crippen molar-refractivity contribution in [2.24, 2.45) is 0 Å². The topological polar surface area (TPSA) is 78.6 Å². The first-order valence-electron chi connectivity index (χ1n) is 11.4. The van der Waals surface area contributed by atoms with Crippen molar-refractivity contribution in [3.05, 3.63) is 71.7 Å². The summed E-state index contributed by atoms with van der Waals surface area (Å²) in [5.74, 6) is 1.13. The van der Waals surface area contributed by atoms with Crippen LogP contribution in [-0.4, -0.2) is 60.1 Å². The van der Waals surface area contributed by atoms with E-state index in [9.17, 15) is 13.2 Å². The molecule has 180 valence electrons. The quantitative estimate of drug-likeness (QED) is 0.366. The number of hydrogen-bond acceptors (Lipinski definition) is 6. The van der Waals surface area contributed by atoms with Crippen LogP contribution in [0.3, 0.4) is 0 Å². The Morgan fingerprint density at radius 1 is 1.00 bits per heavy atom. The third kappa shape index (κ3) is 5.26. The molecule has 1 aliphatic carbocycles. The van der Waals surface area contributed by atoms with Gasteiger partial charge in [-0.05, 0) is 24.5 Å². The molecule has 0 amide bonds. The number of ether oxygens (including phenoxy) is 1. The van der Waals surface area contributed by atoms with E-state index >= 15 is 0 Å². The SMILES string of the molecule is [B]C([B])([B])n1cc(C(F)(F)F)nc1-c1ccc(Cc2ccnc(-c3c(OC)ncnc3C3CC3)n2)cc1. The standard InChI is InChI=1S/C24H18B3F3N6O/c1-37-22-18(19(14-6-7-14)32-12-33-22)20-31-9-8-16(34-20)10-13-2-4-15(5-3-13)21-35-17(23(28,29)30)11-36(21)24(25,26)27/h2-5,8-9,11-12,14H,6-7,10H2,1H3. The van der Waals surface area contributed by atoms with Gasteiger partial charge in [-0.2, -0.15) is 13.2 Å². The molecule has 37 heavy (non-hydrogen) atoms. The zero-order chi connectivity index (χ0) is 26.4. The van der Waals surface area contributed by atoms with Crippen molar-refractivity contribution in [1.82, 2.24) is 29.5 Å². The molecule has 0 atom stereocenters. The van der Waals surface area contributed by atoms with Crippen LogP contribution in [0.5, 0.6) is 5.88 Å². The summed E-state index contributed by atoms with van der Waals surface area (Å²) >= 11 is 0. The van der Waals surface area contributed by atoms with Gasteiger partial charge in [0.05, 0.1) is 36.3 Å². The molecule has 7 nitrogen and oxygen atoms in total. The number of rotatable bonds is 7. The fourth-order valence-corrected chi connectivity index (χ4v) is 4.02. The molecule has 1 aliphatic rings. The number of halogens is 3. The van der Waals surface area contributed by atoms with E-state index in [1.807, 2.05) is 0 Å². The Labute approximate surface area is 215 Å². The fourth-order valence-electron chi connectivity index (χ4n) is 4.02. The second-order valence-corrected chi connectivity index (χ2v) is 8.87. The summed E-state index contributed by atoms with van der Waals surface area (Å²) in [5, 5.41) is -2.07. The number of methoxy groups -OCH3 is 1. The molecule has 1 aromatic carbocycles. The first-order chi connectivity index (χ1) is 17.5. The van der Waals surface area contributed by atoms with E-state index in [2.05, 4.69) is 19.9 Å².